The fourth-order valence-electron chi connectivity index (χ4n) is 7.57. The van der Waals surface area contributed by atoms with E-state index in [1.807, 2.05) is 0 Å². The third-order valence-electron chi connectivity index (χ3n) is 11.5. The molecule has 0 spiro atoms. The molecule has 1 fully saturated rings. The van der Waals surface area contributed by atoms with Crippen LogP contribution in [0.1, 0.15) is 226 Å². The van der Waals surface area contributed by atoms with E-state index in [0.29, 0.717) is 12.8 Å². The number of carboxylic acid groups (broad SMARTS) is 1. The summed E-state index contributed by atoms with van der Waals surface area (Å²) >= 11 is 0. The minimum Gasteiger partial charge on any atom is -0.479 e. The first-order valence-corrected chi connectivity index (χ1v) is 24.9. The number of ether oxygens (including phenoxy) is 4. The first-order valence-electron chi connectivity index (χ1n) is 24.9. The number of allylic oxidation sites excluding steroid dienone is 4. The monoisotopic (exact) mass is 867 g/mol. The van der Waals surface area contributed by atoms with E-state index in [9.17, 15) is 34.8 Å². The van der Waals surface area contributed by atoms with Crippen molar-refractivity contribution in [1.29, 1.82) is 0 Å². The molecule has 0 bridgehead atoms. The second-order valence-corrected chi connectivity index (χ2v) is 17.3. The Balaban J connectivity index is 2.30. The molecular weight excluding hydrogens is 777 g/mol. The number of esters is 2. The standard InChI is InChI=1S/C50H90O11/c1-3-5-7-9-11-13-15-17-19-20-21-22-23-24-25-27-28-30-32-34-36-38-43(51)58-40-42(41-59-50-47(55)45(53)46(54)48(61-50)49(56)57)60-44(52)39-37-35-33-31-29-26-18-16-14-12-10-8-6-4-2/h16,18,20-21,42,45-48,50,53-55H,3-15,17,19,22-41H2,1-2H3,(H,56,57)/b18-16-,21-20-. The van der Waals surface area contributed by atoms with E-state index in [1.165, 1.54) is 128 Å². The van der Waals surface area contributed by atoms with Crippen LogP contribution in [0.15, 0.2) is 24.3 Å². The van der Waals surface area contributed by atoms with Crippen molar-refractivity contribution < 1.29 is 53.8 Å². The van der Waals surface area contributed by atoms with Gasteiger partial charge in [-0.3, -0.25) is 9.59 Å². The van der Waals surface area contributed by atoms with Gasteiger partial charge in [0.2, 0.25) is 0 Å². The van der Waals surface area contributed by atoms with Crippen molar-refractivity contribution in [3.05, 3.63) is 24.3 Å². The summed E-state index contributed by atoms with van der Waals surface area (Å²) in [6.45, 7) is 3.81. The number of carboxylic acids is 1. The number of carbonyl (C=O) groups excluding carboxylic acids is 2. The molecule has 61 heavy (non-hydrogen) atoms. The highest BCUT2D eigenvalue weighted by atomic mass is 16.7. The van der Waals surface area contributed by atoms with Crippen LogP contribution in [0.2, 0.25) is 0 Å². The molecule has 0 saturated carbocycles. The van der Waals surface area contributed by atoms with E-state index < -0.39 is 61.3 Å². The fourth-order valence-corrected chi connectivity index (χ4v) is 7.57. The van der Waals surface area contributed by atoms with Crippen LogP contribution in [0, 0.1) is 0 Å². The Morgan fingerprint density at radius 1 is 0.492 bits per heavy atom. The summed E-state index contributed by atoms with van der Waals surface area (Å²) in [6.07, 6.45) is 36.6. The number of hydrogen-bond acceptors (Lipinski definition) is 10. The minimum absolute atomic E-state index is 0.174. The Hall–Kier alpha value is -2.31. The zero-order chi connectivity index (χ0) is 44.6. The van der Waals surface area contributed by atoms with E-state index in [0.717, 1.165) is 57.8 Å². The molecule has 6 unspecified atom stereocenters. The molecule has 1 aliphatic heterocycles. The normalized spacial score (nSPS) is 19.8. The average Bonchev–Trinajstić information content (AvgIpc) is 3.24. The molecule has 0 aliphatic carbocycles. The molecule has 0 aromatic rings. The van der Waals surface area contributed by atoms with Crippen molar-refractivity contribution in [2.75, 3.05) is 13.2 Å². The van der Waals surface area contributed by atoms with E-state index >= 15 is 0 Å². The van der Waals surface area contributed by atoms with E-state index in [1.54, 1.807) is 0 Å². The molecule has 6 atom stereocenters. The van der Waals surface area contributed by atoms with E-state index in [2.05, 4.69) is 38.2 Å². The molecule has 0 radical (unpaired) electrons. The molecule has 1 aliphatic rings. The summed E-state index contributed by atoms with van der Waals surface area (Å²) in [5.74, 6) is -2.45. The number of unbranched alkanes of at least 4 members (excludes halogenated alkanes) is 27. The van der Waals surface area contributed by atoms with Gasteiger partial charge in [0.15, 0.2) is 18.5 Å². The number of aliphatic carboxylic acids is 1. The van der Waals surface area contributed by atoms with Gasteiger partial charge in [-0.25, -0.2) is 4.79 Å². The first-order chi connectivity index (χ1) is 29.7. The first kappa shape index (κ1) is 56.7. The Labute approximate surface area is 370 Å². The molecule has 4 N–H and O–H groups in total. The van der Waals surface area contributed by atoms with Crippen LogP contribution < -0.4 is 0 Å². The SMILES string of the molecule is CCCCCCC/C=C\CCCCCCCC(=O)OC(COC(=O)CCCCCCCCCCC/C=C\CCCCCCCCCC)COC1OC(C(=O)O)C(O)C(O)C1O. The third kappa shape index (κ3) is 32.1. The molecule has 1 heterocycles. The van der Waals surface area contributed by atoms with Gasteiger partial charge in [0.05, 0.1) is 6.61 Å². The van der Waals surface area contributed by atoms with Gasteiger partial charge in [0.25, 0.3) is 0 Å². The summed E-state index contributed by atoms with van der Waals surface area (Å²) in [6, 6.07) is 0. The molecule has 0 aromatic heterocycles. The van der Waals surface area contributed by atoms with Crippen LogP contribution in [0.5, 0.6) is 0 Å². The highest BCUT2D eigenvalue weighted by Crippen LogP contribution is 2.23. The molecule has 0 aromatic carbocycles. The highest BCUT2D eigenvalue weighted by molar-refractivity contribution is 5.73. The largest absolute Gasteiger partial charge is 0.479 e. The lowest BCUT2D eigenvalue weighted by Gasteiger charge is -2.38. The Kier molecular flexibility index (Phi) is 37.6. The third-order valence-corrected chi connectivity index (χ3v) is 11.5. The average molecular weight is 867 g/mol. The predicted octanol–water partition coefficient (Wildman–Crippen LogP) is 11.4. The molecule has 356 valence electrons. The van der Waals surface area contributed by atoms with E-state index in [4.69, 9.17) is 18.9 Å². The lowest BCUT2D eigenvalue weighted by atomic mass is 9.99. The maximum absolute atomic E-state index is 12.8. The van der Waals surface area contributed by atoms with Gasteiger partial charge < -0.3 is 39.4 Å². The van der Waals surface area contributed by atoms with Gasteiger partial charge >= 0.3 is 17.9 Å². The van der Waals surface area contributed by atoms with Gasteiger partial charge in [0, 0.05) is 12.8 Å². The molecule has 11 nitrogen and oxygen atoms in total. The van der Waals surface area contributed by atoms with Crippen molar-refractivity contribution in [2.45, 2.75) is 263 Å². The molecule has 11 heteroatoms. The minimum atomic E-state index is -1.86. The molecular formula is C50H90O11. The predicted molar refractivity (Wildman–Crippen MR) is 243 cm³/mol. The highest BCUT2D eigenvalue weighted by Gasteiger charge is 2.47. The molecule has 1 saturated heterocycles. The lowest BCUT2D eigenvalue weighted by molar-refractivity contribution is -0.298. The Bertz CT molecular complexity index is 1110. The van der Waals surface area contributed by atoms with Crippen molar-refractivity contribution >= 4 is 17.9 Å². The maximum Gasteiger partial charge on any atom is 0.335 e. The number of hydrogen-bond donors (Lipinski definition) is 4. The second-order valence-electron chi connectivity index (χ2n) is 17.3. The van der Waals surface area contributed by atoms with Gasteiger partial charge in [-0.05, 0) is 64.2 Å². The lowest BCUT2D eigenvalue weighted by Crippen LogP contribution is -2.60. The summed E-state index contributed by atoms with van der Waals surface area (Å²) in [5.41, 5.74) is 0. The van der Waals surface area contributed by atoms with Gasteiger partial charge in [-0.2, -0.15) is 0 Å². The topological polar surface area (TPSA) is 169 Å². The van der Waals surface area contributed by atoms with Crippen molar-refractivity contribution in [2.24, 2.45) is 0 Å². The maximum atomic E-state index is 12.8. The van der Waals surface area contributed by atoms with Crippen molar-refractivity contribution in [1.82, 2.24) is 0 Å². The molecule has 0 amide bonds. The molecule has 1 rings (SSSR count). The van der Waals surface area contributed by atoms with Crippen LogP contribution >= 0.6 is 0 Å². The smallest absolute Gasteiger partial charge is 0.335 e. The van der Waals surface area contributed by atoms with Crippen LogP contribution in [0.4, 0.5) is 0 Å². The van der Waals surface area contributed by atoms with Crippen LogP contribution in [0.25, 0.3) is 0 Å². The second kappa shape index (κ2) is 40.5. The summed E-state index contributed by atoms with van der Waals surface area (Å²) in [4.78, 5) is 36.9. The summed E-state index contributed by atoms with van der Waals surface area (Å²) in [5, 5.41) is 39.9. The Morgan fingerprint density at radius 2 is 0.869 bits per heavy atom. The zero-order valence-electron chi connectivity index (χ0n) is 38.7. The summed E-state index contributed by atoms with van der Waals surface area (Å²) < 4.78 is 21.8. The van der Waals surface area contributed by atoms with Crippen molar-refractivity contribution in [3.8, 4) is 0 Å². The van der Waals surface area contributed by atoms with Crippen LogP contribution in [-0.2, 0) is 33.3 Å². The van der Waals surface area contributed by atoms with Crippen LogP contribution in [-0.4, -0.2) is 88.4 Å². The summed E-state index contributed by atoms with van der Waals surface area (Å²) in [7, 11) is 0. The van der Waals surface area contributed by atoms with Gasteiger partial charge in [0.1, 0.15) is 24.9 Å². The fraction of sp³-hybridized carbons (Fsp3) is 0.860. The number of aliphatic hydroxyl groups excluding tert-OH is 3. The quantitative estimate of drug-likeness (QED) is 0.0262. The van der Waals surface area contributed by atoms with E-state index in [-0.39, 0.29) is 19.4 Å². The number of carbonyl (C=O) groups is 3. The van der Waals surface area contributed by atoms with Gasteiger partial charge in [-0.15, -0.1) is 0 Å². The van der Waals surface area contributed by atoms with Gasteiger partial charge in [-0.1, -0.05) is 173 Å². The van der Waals surface area contributed by atoms with Crippen molar-refractivity contribution in [3.63, 3.8) is 0 Å². The van der Waals surface area contributed by atoms with Crippen LogP contribution in [0.3, 0.4) is 0 Å². The number of rotatable bonds is 42. The zero-order valence-corrected chi connectivity index (χ0v) is 38.7. The number of aliphatic hydroxyl groups is 3. The Morgan fingerprint density at radius 3 is 1.28 bits per heavy atom.